The third-order valence-electron chi connectivity index (χ3n) is 4.12. The Labute approximate surface area is 135 Å². The predicted octanol–water partition coefficient (Wildman–Crippen LogP) is 2.00. The Morgan fingerprint density at radius 1 is 1.41 bits per heavy atom. The molecule has 1 amide bonds. The monoisotopic (exact) mass is 324 g/mol. The van der Waals surface area contributed by atoms with Gasteiger partial charge in [-0.25, -0.2) is 0 Å². The number of likely N-dealkylation sites (N-methyl/N-ethyl adjacent to an activating group) is 1. The van der Waals surface area contributed by atoms with Gasteiger partial charge in [0.1, 0.15) is 11.9 Å². The summed E-state index contributed by atoms with van der Waals surface area (Å²) in [5.74, 6) is 0.705. The smallest absolute Gasteiger partial charge is 0.250 e. The van der Waals surface area contributed by atoms with Crippen molar-refractivity contribution >= 4 is 17.5 Å². The summed E-state index contributed by atoms with van der Waals surface area (Å²) in [5.41, 5.74) is 0.986. The Bertz CT molecular complexity index is 552. The molecule has 0 aliphatic carbocycles. The molecule has 0 unspecified atom stereocenters. The second-order valence-corrected chi connectivity index (χ2v) is 6.29. The van der Waals surface area contributed by atoms with Gasteiger partial charge in [0, 0.05) is 23.7 Å². The Morgan fingerprint density at radius 3 is 3.09 bits per heavy atom. The van der Waals surface area contributed by atoms with Gasteiger partial charge in [-0.05, 0) is 32.0 Å². The fraction of sp³-hybridized carbons (Fsp3) is 0.562. The Balaban J connectivity index is 1.73. The molecule has 2 atom stereocenters. The summed E-state index contributed by atoms with van der Waals surface area (Å²) in [6.45, 7) is 2.72. The first-order valence-electron chi connectivity index (χ1n) is 7.66. The number of halogens is 1. The zero-order valence-electron chi connectivity index (χ0n) is 12.7. The number of carbonyl (C=O) groups excluding carboxylic acids is 1. The van der Waals surface area contributed by atoms with Crippen LogP contribution in [0.5, 0.6) is 5.75 Å². The molecule has 1 aromatic carbocycles. The van der Waals surface area contributed by atoms with Crippen LogP contribution in [-0.2, 0) is 9.53 Å². The van der Waals surface area contributed by atoms with E-state index >= 15 is 0 Å². The molecule has 0 aromatic heterocycles. The normalized spacial score (nSPS) is 25.7. The predicted molar refractivity (Wildman–Crippen MR) is 84.3 cm³/mol. The van der Waals surface area contributed by atoms with E-state index in [1.165, 1.54) is 0 Å². The largest absolute Gasteiger partial charge is 0.493 e. The average Bonchev–Trinajstić information content (AvgIpc) is 2.69. The number of fused-ring (bicyclic) bond motifs is 1. The van der Waals surface area contributed by atoms with Crippen molar-refractivity contribution < 1.29 is 14.3 Å². The summed E-state index contributed by atoms with van der Waals surface area (Å²) < 4.78 is 11.3. The molecule has 2 aliphatic heterocycles. The lowest BCUT2D eigenvalue weighted by atomic mass is 10.0. The third kappa shape index (κ3) is 3.54. The van der Waals surface area contributed by atoms with Crippen molar-refractivity contribution in [3.8, 4) is 5.75 Å². The third-order valence-corrected chi connectivity index (χ3v) is 4.36. The number of hydrogen-bond acceptors (Lipinski definition) is 4. The maximum atomic E-state index is 12.5. The van der Waals surface area contributed by atoms with E-state index in [2.05, 4.69) is 10.2 Å². The number of hydrogen-bond donors (Lipinski definition) is 1. The summed E-state index contributed by atoms with van der Waals surface area (Å²) >= 11 is 6.03. The van der Waals surface area contributed by atoms with Crippen molar-refractivity contribution in [1.29, 1.82) is 0 Å². The molecule has 1 saturated heterocycles. The molecular weight excluding hydrogens is 304 g/mol. The van der Waals surface area contributed by atoms with Gasteiger partial charge in [0.25, 0.3) is 5.91 Å². The van der Waals surface area contributed by atoms with Crippen molar-refractivity contribution in [1.82, 2.24) is 10.2 Å². The molecule has 6 heteroatoms. The Kier molecular flexibility index (Phi) is 4.86. The lowest BCUT2D eigenvalue weighted by Gasteiger charge is -2.30. The van der Waals surface area contributed by atoms with Crippen LogP contribution in [0, 0.1) is 0 Å². The van der Waals surface area contributed by atoms with Crippen molar-refractivity contribution in [2.24, 2.45) is 0 Å². The van der Waals surface area contributed by atoms with E-state index < -0.39 is 6.10 Å². The van der Waals surface area contributed by atoms with Crippen molar-refractivity contribution in [3.05, 3.63) is 28.8 Å². The second kappa shape index (κ2) is 6.86. The fourth-order valence-electron chi connectivity index (χ4n) is 2.90. The molecule has 0 radical (unpaired) electrons. The van der Waals surface area contributed by atoms with Gasteiger partial charge in [0.2, 0.25) is 0 Å². The summed E-state index contributed by atoms with van der Waals surface area (Å²) in [6, 6.07) is 5.52. The number of benzene rings is 1. The molecule has 0 bridgehead atoms. The van der Waals surface area contributed by atoms with Crippen LogP contribution in [0.1, 0.15) is 24.4 Å². The molecule has 1 N–H and O–H groups in total. The van der Waals surface area contributed by atoms with Crippen molar-refractivity contribution in [2.45, 2.75) is 25.0 Å². The van der Waals surface area contributed by atoms with Gasteiger partial charge in [-0.2, -0.15) is 0 Å². The zero-order chi connectivity index (χ0) is 15.5. The highest BCUT2D eigenvalue weighted by Gasteiger charge is 2.28. The molecule has 5 nitrogen and oxygen atoms in total. The van der Waals surface area contributed by atoms with Crippen LogP contribution in [0.4, 0.5) is 0 Å². The van der Waals surface area contributed by atoms with Crippen LogP contribution in [-0.4, -0.2) is 50.3 Å². The topological polar surface area (TPSA) is 50.8 Å². The average molecular weight is 325 g/mol. The highest BCUT2D eigenvalue weighted by molar-refractivity contribution is 6.30. The van der Waals surface area contributed by atoms with Crippen LogP contribution in [0.3, 0.4) is 0 Å². The van der Waals surface area contributed by atoms with Gasteiger partial charge in [0.05, 0.1) is 19.3 Å². The van der Waals surface area contributed by atoms with Gasteiger partial charge in [0.15, 0.2) is 0 Å². The minimum atomic E-state index is -0.404. The van der Waals surface area contributed by atoms with Crippen molar-refractivity contribution in [3.63, 3.8) is 0 Å². The van der Waals surface area contributed by atoms with E-state index in [1.807, 2.05) is 25.2 Å². The molecule has 22 heavy (non-hydrogen) atoms. The van der Waals surface area contributed by atoms with Crippen LogP contribution < -0.4 is 10.1 Å². The van der Waals surface area contributed by atoms with E-state index in [-0.39, 0.29) is 11.9 Å². The number of morpholine rings is 1. The second-order valence-electron chi connectivity index (χ2n) is 5.86. The van der Waals surface area contributed by atoms with E-state index in [9.17, 15) is 4.79 Å². The Hall–Kier alpha value is -1.30. The standard InChI is InChI=1S/C16H21ClN2O3/c1-19-6-8-22-15(10-19)16(20)18-13-3-2-7-21-14-9-11(17)4-5-12(13)14/h4-5,9,13,15H,2-3,6-8,10H2,1H3,(H,18,20)/t13-,15-/m1/s1. The maximum absolute atomic E-state index is 12.5. The van der Waals surface area contributed by atoms with Gasteiger partial charge < -0.3 is 19.7 Å². The molecular formula is C16H21ClN2O3. The number of ether oxygens (including phenoxy) is 2. The first-order valence-corrected chi connectivity index (χ1v) is 8.04. The highest BCUT2D eigenvalue weighted by atomic mass is 35.5. The van der Waals surface area contributed by atoms with Gasteiger partial charge in [-0.3, -0.25) is 4.79 Å². The summed E-state index contributed by atoms with van der Waals surface area (Å²) in [6.07, 6.45) is 1.34. The van der Waals surface area contributed by atoms with Crippen LogP contribution in [0.2, 0.25) is 5.02 Å². The minimum absolute atomic E-state index is 0.0562. The molecule has 2 aliphatic rings. The summed E-state index contributed by atoms with van der Waals surface area (Å²) in [5, 5.41) is 3.75. The minimum Gasteiger partial charge on any atom is -0.493 e. The molecule has 2 heterocycles. The maximum Gasteiger partial charge on any atom is 0.250 e. The molecule has 0 saturated carbocycles. The number of nitrogens with one attached hydrogen (secondary N) is 1. The fourth-order valence-corrected chi connectivity index (χ4v) is 3.06. The molecule has 1 aromatic rings. The summed E-state index contributed by atoms with van der Waals surface area (Å²) in [7, 11) is 2.00. The molecule has 1 fully saturated rings. The lowest BCUT2D eigenvalue weighted by Crippen LogP contribution is -2.49. The number of nitrogens with zero attached hydrogens (tertiary/aromatic N) is 1. The quantitative estimate of drug-likeness (QED) is 0.904. The number of amides is 1. The first kappa shape index (κ1) is 15.6. The van der Waals surface area contributed by atoms with Gasteiger partial charge in [-0.15, -0.1) is 0 Å². The van der Waals surface area contributed by atoms with Gasteiger partial charge in [-0.1, -0.05) is 17.7 Å². The van der Waals surface area contributed by atoms with E-state index in [0.29, 0.717) is 24.8 Å². The van der Waals surface area contributed by atoms with Crippen LogP contribution in [0.15, 0.2) is 18.2 Å². The van der Waals surface area contributed by atoms with E-state index in [4.69, 9.17) is 21.1 Å². The van der Waals surface area contributed by atoms with Crippen LogP contribution in [0.25, 0.3) is 0 Å². The lowest BCUT2D eigenvalue weighted by molar-refractivity contribution is -0.138. The first-order chi connectivity index (χ1) is 10.6. The highest BCUT2D eigenvalue weighted by Crippen LogP contribution is 2.33. The molecule has 120 valence electrons. The Morgan fingerprint density at radius 2 is 2.27 bits per heavy atom. The van der Waals surface area contributed by atoms with Crippen molar-refractivity contribution in [2.75, 3.05) is 33.4 Å². The number of carbonyl (C=O) groups is 1. The SMILES string of the molecule is CN1CCO[C@@H](C(=O)N[C@@H]2CCCOc3cc(Cl)ccc32)C1. The van der Waals surface area contributed by atoms with Gasteiger partial charge >= 0.3 is 0 Å². The molecule has 0 spiro atoms. The zero-order valence-corrected chi connectivity index (χ0v) is 13.4. The molecule has 3 rings (SSSR count). The number of rotatable bonds is 2. The van der Waals surface area contributed by atoms with Crippen LogP contribution >= 0.6 is 11.6 Å². The summed E-state index contributed by atoms with van der Waals surface area (Å²) in [4.78, 5) is 14.6. The van der Waals surface area contributed by atoms with E-state index in [1.54, 1.807) is 0 Å². The van der Waals surface area contributed by atoms with E-state index in [0.717, 1.165) is 30.7 Å².